The summed E-state index contributed by atoms with van der Waals surface area (Å²) in [6, 6.07) is 23.2. The lowest BCUT2D eigenvalue weighted by atomic mass is 10.1. The number of para-hydroxylation sites is 1. The van der Waals surface area contributed by atoms with Crippen molar-refractivity contribution >= 4 is 32.5 Å². The molecule has 0 bridgehead atoms. The number of aryl methyl sites for hydroxylation is 2. The first-order chi connectivity index (χ1) is 17.4. The molecular weight excluding hydrogens is 472 g/mol. The van der Waals surface area contributed by atoms with Crippen molar-refractivity contribution in [1.29, 1.82) is 0 Å². The molecule has 0 N–H and O–H groups in total. The van der Waals surface area contributed by atoms with Crippen LogP contribution in [0, 0.1) is 13.8 Å². The fourth-order valence-electron chi connectivity index (χ4n) is 4.72. The molecule has 5 aromatic rings. The van der Waals surface area contributed by atoms with E-state index in [2.05, 4.69) is 34.2 Å². The Morgan fingerprint density at radius 1 is 0.778 bits per heavy atom. The highest BCUT2D eigenvalue weighted by Crippen LogP contribution is 2.29. The van der Waals surface area contributed by atoms with Crippen molar-refractivity contribution in [3.63, 3.8) is 0 Å². The van der Waals surface area contributed by atoms with Crippen LogP contribution in [0.4, 0.5) is 5.95 Å². The summed E-state index contributed by atoms with van der Waals surface area (Å²) in [5.41, 5.74) is 4.61. The molecule has 1 saturated heterocycles. The first kappa shape index (κ1) is 22.6. The van der Waals surface area contributed by atoms with E-state index >= 15 is 0 Å². The Bertz CT molecular complexity index is 1690. The second kappa shape index (κ2) is 8.69. The van der Waals surface area contributed by atoms with Gasteiger partial charge in [-0.2, -0.15) is 4.31 Å². The average Bonchev–Trinajstić information content (AvgIpc) is 3.34. The van der Waals surface area contributed by atoms with Gasteiger partial charge in [0.2, 0.25) is 16.0 Å². The SMILES string of the molecule is Cc1ccc(-c2nnc3c4ccccc4nc(N4CCN(S(=O)(=O)c5cccc(C)c5)CC4)n23)cc1. The summed E-state index contributed by atoms with van der Waals surface area (Å²) >= 11 is 0. The van der Waals surface area contributed by atoms with E-state index in [1.807, 2.05) is 53.8 Å². The zero-order valence-corrected chi connectivity index (χ0v) is 21.0. The molecule has 8 nitrogen and oxygen atoms in total. The van der Waals surface area contributed by atoms with E-state index in [4.69, 9.17) is 4.98 Å². The van der Waals surface area contributed by atoms with Crippen molar-refractivity contribution in [2.75, 3.05) is 31.1 Å². The van der Waals surface area contributed by atoms with Crippen molar-refractivity contribution in [3.8, 4) is 11.4 Å². The summed E-state index contributed by atoms with van der Waals surface area (Å²) in [7, 11) is -3.56. The third-order valence-corrected chi connectivity index (χ3v) is 8.58. The van der Waals surface area contributed by atoms with E-state index in [1.165, 1.54) is 5.56 Å². The molecule has 6 rings (SSSR count). The number of hydrogen-bond acceptors (Lipinski definition) is 6. The molecule has 1 aliphatic rings. The third-order valence-electron chi connectivity index (χ3n) is 6.69. The molecule has 1 aliphatic heterocycles. The minimum absolute atomic E-state index is 0.336. The van der Waals surface area contributed by atoms with Gasteiger partial charge in [0, 0.05) is 37.1 Å². The summed E-state index contributed by atoms with van der Waals surface area (Å²) in [5.74, 6) is 1.44. The van der Waals surface area contributed by atoms with Crippen molar-refractivity contribution in [1.82, 2.24) is 23.9 Å². The van der Waals surface area contributed by atoms with Gasteiger partial charge in [0.05, 0.1) is 10.4 Å². The Morgan fingerprint density at radius 3 is 2.28 bits per heavy atom. The van der Waals surface area contributed by atoms with Crippen LogP contribution in [-0.4, -0.2) is 58.5 Å². The molecule has 0 spiro atoms. The molecule has 2 aromatic heterocycles. The van der Waals surface area contributed by atoms with E-state index < -0.39 is 10.0 Å². The molecule has 0 amide bonds. The van der Waals surface area contributed by atoms with Gasteiger partial charge in [0.15, 0.2) is 11.5 Å². The number of rotatable bonds is 4. The summed E-state index contributed by atoms with van der Waals surface area (Å²) in [6.07, 6.45) is 0. The zero-order valence-electron chi connectivity index (χ0n) is 20.2. The van der Waals surface area contributed by atoms with Crippen LogP contribution in [-0.2, 0) is 10.0 Å². The van der Waals surface area contributed by atoms with Crippen LogP contribution in [0.5, 0.6) is 0 Å². The van der Waals surface area contributed by atoms with E-state index in [0.29, 0.717) is 36.9 Å². The van der Waals surface area contributed by atoms with Gasteiger partial charge in [-0.05, 0) is 43.7 Å². The van der Waals surface area contributed by atoms with Crippen LogP contribution in [0.15, 0.2) is 77.7 Å². The lowest BCUT2D eigenvalue weighted by Crippen LogP contribution is -2.49. The highest BCUT2D eigenvalue weighted by Gasteiger charge is 2.30. The minimum Gasteiger partial charge on any atom is -0.339 e. The van der Waals surface area contributed by atoms with Gasteiger partial charge in [-0.25, -0.2) is 17.8 Å². The highest BCUT2D eigenvalue weighted by atomic mass is 32.2. The highest BCUT2D eigenvalue weighted by molar-refractivity contribution is 7.89. The molecule has 0 aliphatic carbocycles. The average molecular weight is 499 g/mol. The minimum atomic E-state index is -3.56. The number of hydrogen-bond donors (Lipinski definition) is 0. The van der Waals surface area contributed by atoms with Gasteiger partial charge in [-0.3, -0.25) is 0 Å². The Balaban J connectivity index is 1.40. The van der Waals surface area contributed by atoms with Gasteiger partial charge in [-0.15, -0.1) is 10.2 Å². The largest absolute Gasteiger partial charge is 0.339 e. The van der Waals surface area contributed by atoms with E-state index in [9.17, 15) is 8.42 Å². The van der Waals surface area contributed by atoms with Crippen LogP contribution >= 0.6 is 0 Å². The number of anilines is 1. The first-order valence-corrected chi connectivity index (χ1v) is 13.4. The predicted octanol–water partition coefficient (Wildman–Crippen LogP) is 4.07. The lowest BCUT2D eigenvalue weighted by molar-refractivity contribution is 0.382. The molecular formula is C27H26N6O2S. The number of benzene rings is 3. The number of fused-ring (bicyclic) bond motifs is 3. The van der Waals surface area contributed by atoms with E-state index in [0.717, 1.165) is 33.6 Å². The van der Waals surface area contributed by atoms with Crippen LogP contribution in [0.2, 0.25) is 0 Å². The van der Waals surface area contributed by atoms with Gasteiger partial charge < -0.3 is 4.90 Å². The maximum atomic E-state index is 13.3. The quantitative estimate of drug-likeness (QED) is 0.371. The van der Waals surface area contributed by atoms with Crippen LogP contribution < -0.4 is 4.90 Å². The van der Waals surface area contributed by atoms with Gasteiger partial charge in [-0.1, -0.05) is 54.1 Å². The Kier molecular flexibility index (Phi) is 5.46. The fraction of sp³-hybridized carbons (Fsp3) is 0.222. The molecule has 3 heterocycles. The molecule has 182 valence electrons. The van der Waals surface area contributed by atoms with E-state index in [-0.39, 0.29) is 0 Å². The van der Waals surface area contributed by atoms with Gasteiger partial charge in [0.1, 0.15) is 0 Å². The molecule has 9 heteroatoms. The molecule has 0 atom stereocenters. The van der Waals surface area contributed by atoms with Crippen molar-refractivity contribution in [2.24, 2.45) is 0 Å². The van der Waals surface area contributed by atoms with Crippen molar-refractivity contribution < 1.29 is 8.42 Å². The summed E-state index contributed by atoms with van der Waals surface area (Å²) in [5, 5.41) is 10.0. The fourth-order valence-corrected chi connectivity index (χ4v) is 6.25. The van der Waals surface area contributed by atoms with E-state index in [1.54, 1.807) is 22.5 Å². The number of piperazine rings is 1. The second-order valence-electron chi connectivity index (χ2n) is 9.19. The van der Waals surface area contributed by atoms with Gasteiger partial charge in [0.25, 0.3) is 0 Å². The topological polar surface area (TPSA) is 83.7 Å². The van der Waals surface area contributed by atoms with Crippen LogP contribution in [0.1, 0.15) is 11.1 Å². The molecule has 3 aromatic carbocycles. The maximum absolute atomic E-state index is 13.3. The smallest absolute Gasteiger partial charge is 0.243 e. The predicted molar refractivity (Wildman–Crippen MR) is 141 cm³/mol. The lowest BCUT2D eigenvalue weighted by Gasteiger charge is -2.35. The maximum Gasteiger partial charge on any atom is 0.243 e. The Hall–Kier alpha value is -3.82. The van der Waals surface area contributed by atoms with Crippen LogP contribution in [0.3, 0.4) is 0 Å². The zero-order chi connectivity index (χ0) is 24.9. The molecule has 1 fully saturated rings. The molecule has 36 heavy (non-hydrogen) atoms. The number of aromatic nitrogens is 4. The standard InChI is InChI=1S/C27H26N6O2S/c1-19-10-12-21(13-11-19)25-29-30-26-23-8-3-4-9-24(23)28-27(33(25)26)31-14-16-32(17-15-31)36(34,35)22-7-5-6-20(2)18-22/h3-13,18H,14-17H2,1-2H3. The summed E-state index contributed by atoms with van der Waals surface area (Å²) in [6.45, 7) is 5.71. The third kappa shape index (κ3) is 3.81. The van der Waals surface area contributed by atoms with Crippen molar-refractivity contribution in [2.45, 2.75) is 18.7 Å². The second-order valence-corrected chi connectivity index (χ2v) is 11.1. The summed E-state index contributed by atoms with van der Waals surface area (Å²) in [4.78, 5) is 7.46. The molecule has 0 unspecified atom stereocenters. The summed E-state index contributed by atoms with van der Waals surface area (Å²) < 4.78 is 30.1. The Morgan fingerprint density at radius 2 is 1.53 bits per heavy atom. The first-order valence-electron chi connectivity index (χ1n) is 11.9. The van der Waals surface area contributed by atoms with Crippen molar-refractivity contribution in [3.05, 3.63) is 83.9 Å². The Labute approximate surface area is 209 Å². The molecule has 0 saturated carbocycles. The number of nitrogens with zero attached hydrogens (tertiary/aromatic N) is 6. The van der Waals surface area contributed by atoms with Gasteiger partial charge >= 0.3 is 0 Å². The normalized spacial score (nSPS) is 15.1. The van der Waals surface area contributed by atoms with Crippen LogP contribution in [0.25, 0.3) is 27.9 Å². The monoisotopic (exact) mass is 498 g/mol. The number of sulfonamides is 1. The molecule has 0 radical (unpaired) electrons.